The van der Waals surface area contributed by atoms with Crippen molar-refractivity contribution in [1.29, 1.82) is 0 Å². The molecule has 0 bridgehead atoms. The van der Waals surface area contributed by atoms with Crippen LogP contribution < -0.4 is 5.32 Å². The normalized spacial score (nSPS) is 11.0. The summed E-state index contributed by atoms with van der Waals surface area (Å²) in [6, 6.07) is 10.7. The van der Waals surface area contributed by atoms with Crippen LogP contribution in [0.3, 0.4) is 0 Å². The lowest BCUT2D eigenvalue weighted by Gasteiger charge is -2.09. The molecule has 0 spiro atoms. The Kier molecular flexibility index (Phi) is 6.48. The van der Waals surface area contributed by atoms with Crippen molar-refractivity contribution in [2.75, 3.05) is 6.54 Å². The van der Waals surface area contributed by atoms with Crippen molar-refractivity contribution in [2.45, 2.75) is 52.6 Å². The van der Waals surface area contributed by atoms with Crippen LogP contribution in [0, 0.1) is 0 Å². The van der Waals surface area contributed by atoms with E-state index in [1.165, 1.54) is 23.2 Å². The molecule has 0 unspecified atom stereocenters. The first-order chi connectivity index (χ1) is 10.3. The lowest BCUT2D eigenvalue weighted by molar-refractivity contribution is 0.549. The number of nitrogens with one attached hydrogen (secondary N) is 1. The van der Waals surface area contributed by atoms with E-state index in [2.05, 4.69) is 59.3 Å². The van der Waals surface area contributed by atoms with Crippen molar-refractivity contribution in [1.82, 2.24) is 15.1 Å². The summed E-state index contributed by atoms with van der Waals surface area (Å²) >= 11 is 0. The molecule has 0 amide bonds. The molecule has 1 N–H and O–H groups in total. The van der Waals surface area contributed by atoms with Gasteiger partial charge in [-0.3, -0.25) is 4.68 Å². The van der Waals surface area contributed by atoms with Gasteiger partial charge in [-0.15, -0.1) is 0 Å². The summed E-state index contributed by atoms with van der Waals surface area (Å²) in [7, 11) is 0. The molecule has 0 aliphatic rings. The van der Waals surface area contributed by atoms with Crippen LogP contribution in [-0.4, -0.2) is 16.3 Å². The Morgan fingerprint density at radius 2 is 1.90 bits per heavy atom. The van der Waals surface area contributed by atoms with E-state index < -0.39 is 0 Å². The largest absolute Gasteiger partial charge is 0.313 e. The van der Waals surface area contributed by atoms with E-state index in [4.69, 9.17) is 0 Å². The zero-order valence-corrected chi connectivity index (χ0v) is 13.3. The van der Waals surface area contributed by atoms with E-state index in [1.807, 2.05) is 6.20 Å². The third-order valence-electron chi connectivity index (χ3n) is 3.77. The minimum atomic E-state index is 0.935. The zero-order valence-electron chi connectivity index (χ0n) is 13.3. The Bertz CT molecular complexity index is 517. The number of rotatable bonds is 9. The second-order valence-electron chi connectivity index (χ2n) is 5.46. The Morgan fingerprint density at radius 3 is 2.62 bits per heavy atom. The van der Waals surface area contributed by atoms with Crippen LogP contribution in [0.25, 0.3) is 0 Å². The fourth-order valence-electron chi connectivity index (χ4n) is 2.65. The van der Waals surface area contributed by atoms with Crippen molar-refractivity contribution in [2.24, 2.45) is 0 Å². The van der Waals surface area contributed by atoms with Crippen LogP contribution in [0.4, 0.5) is 0 Å². The molecule has 2 aromatic rings. The van der Waals surface area contributed by atoms with Gasteiger partial charge in [0, 0.05) is 24.3 Å². The minimum absolute atomic E-state index is 0.935. The number of hydrogen-bond donors (Lipinski definition) is 1. The van der Waals surface area contributed by atoms with Gasteiger partial charge in [0.05, 0.1) is 6.20 Å². The predicted octanol–water partition coefficient (Wildman–Crippen LogP) is 3.58. The summed E-state index contributed by atoms with van der Waals surface area (Å²) in [5, 5.41) is 8.00. The molecule has 0 aliphatic heterocycles. The molecule has 114 valence electrons. The summed E-state index contributed by atoms with van der Waals surface area (Å²) in [4.78, 5) is 0. The first kappa shape index (κ1) is 15.8. The van der Waals surface area contributed by atoms with Gasteiger partial charge in [0.2, 0.25) is 0 Å². The van der Waals surface area contributed by atoms with Crippen LogP contribution in [-0.2, 0) is 25.9 Å². The molecule has 0 saturated heterocycles. The third-order valence-corrected chi connectivity index (χ3v) is 3.77. The molecule has 3 nitrogen and oxygen atoms in total. The summed E-state index contributed by atoms with van der Waals surface area (Å²) < 4.78 is 2.21. The lowest BCUT2D eigenvalue weighted by Crippen LogP contribution is -2.14. The summed E-state index contributed by atoms with van der Waals surface area (Å²) in [5.41, 5.74) is 4.18. The van der Waals surface area contributed by atoms with Crippen LogP contribution >= 0.6 is 0 Å². The number of aryl methyl sites for hydroxylation is 2. The second kappa shape index (κ2) is 8.63. The smallest absolute Gasteiger partial charge is 0.0537 e. The molecular formula is C18H27N3. The molecular weight excluding hydrogens is 258 g/mol. The van der Waals surface area contributed by atoms with Gasteiger partial charge in [-0.1, -0.05) is 50.6 Å². The highest BCUT2D eigenvalue weighted by molar-refractivity contribution is 5.18. The zero-order chi connectivity index (χ0) is 14.9. The van der Waals surface area contributed by atoms with Crippen LogP contribution in [0.2, 0.25) is 0 Å². The molecule has 3 heteroatoms. The van der Waals surface area contributed by atoms with E-state index in [-0.39, 0.29) is 0 Å². The quantitative estimate of drug-likeness (QED) is 0.763. The third kappa shape index (κ3) is 4.71. The number of benzene rings is 1. The van der Waals surface area contributed by atoms with Crippen LogP contribution in [0.5, 0.6) is 0 Å². The molecule has 1 heterocycles. The first-order valence-corrected chi connectivity index (χ1v) is 8.13. The van der Waals surface area contributed by atoms with Crippen molar-refractivity contribution in [3.63, 3.8) is 0 Å². The van der Waals surface area contributed by atoms with Crippen molar-refractivity contribution >= 4 is 0 Å². The van der Waals surface area contributed by atoms with Crippen molar-refractivity contribution < 1.29 is 0 Å². The molecule has 0 saturated carbocycles. The molecule has 1 aromatic heterocycles. The Hall–Kier alpha value is -1.61. The Morgan fingerprint density at radius 1 is 1.10 bits per heavy atom. The van der Waals surface area contributed by atoms with Gasteiger partial charge in [-0.2, -0.15) is 5.10 Å². The van der Waals surface area contributed by atoms with Gasteiger partial charge in [0.15, 0.2) is 0 Å². The molecule has 0 fully saturated rings. The topological polar surface area (TPSA) is 29.9 Å². The van der Waals surface area contributed by atoms with Gasteiger partial charge in [-0.05, 0) is 31.4 Å². The standard InChI is InChI=1S/C18H27N3/c1-3-9-18-17(14-19-4-2)15-20-21(18)13-8-12-16-10-6-5-7-11-16/h5-7,10-11,15,19H,3-4,8-9,12-14H2,1-2H3. The average molecular weight is 285 g/mol. The molecule has 0 atom stereocenters. The first-order valence-electron chi connectivity index (χ1n) is 8.13. The maximum absolute atomic E-state index is 4.60. The molecule has 0 aliphatic carbocycles. The summed E-state index contributed by atoms with van der Waals surface area (Å²) in [6.07, 6.45) is 6.59. The van der Waals surface area contributed by atoms with Gasteiger partial charge < -0.3 is 5.32 Å². The fraction of sp³-hybridized carbons (Fsp3) is 0.500. The SMILES string of the molecule is CCCc1c(CNCC)cnn1CCCc1ccccc1. The molecule has 1 aromatic carbocycles. The van der Waals surface area contributed by atoms with Gasteiger partial charge in [0.25, 0.3) is 0 Å². The van der Waals surface area contributed by atoms with Crippen molar-refractivity contribution in [3.05, 3.63) is 53.3 Å². The monoisotopic (exact) mass is 285 g/mol. The highest BCUT2D eigenvalue weighted by atomic mass is 15.3. The Balaban J connectivity index is 1.94. The van der Waals surface area contributed by atoms with E-state index in [1.54, 1.807) is 0 Å². The summed E-state index contributed by atoms with van der Waals surface area (Å²) in [5.74, 6) is 0. The number of aromatic nitrogens is 2. The van der Waals surface area contributed by atoms with E-state index in [9.17, 15) is 0 Å². The maximum Gasteiger partial charge on any atom is 0.0537 e. The maximum atomic E-state index is 4.60. The van der Waals surface area contributed by atoms with Crippen molar-refractivity contribution in [3.8, 4) is 0 Å². The van der Waals surface area contributed by atoms with Gasteiger partial charge in [-0.25, -0.2) is 0 Å². The van der Waals surface area contributed by atoms with Crippen LogP contribution in [0.15, 0.2) is 36.5 Å². The molecule has 21 heavy (non-hydrogen) atoms. The second-order valence-corrected chi connectivity index (χ2v) is 5.46. The fourth-order valence-corrected chi connectivity index (χ4v) is 2.65. The molecule has 2 rings (SSSR count). The summed E-state index contributed by atoms with van der Waals surface area (Å²) in [6.45, 7) is 7.33. The predicted molar refractivity (Wildman–Crippen MR) is 88.4 cm³/mol. The van der Waals surface area contributed by atoms with Gasteiger partial charge >= 0.3 is 0 Å². The van der Waals surface area contributed by atoms with Crippen LogP contribution in [0.1, 0.15) is 43.5 Å². The lowest BCUT2D eigenvalue weighted by atomic mass is 10.1. The number of nitrogens with zero attached hydrogens (tertiary/aromatic N) is 2. The highest BCUT2D eigenvalue weighted by Gasteiger charge is 2.09. The van der Waals surface area contributed by atoms with Gasteiger partial charge in [0.1, 0.15) is 0 Å². The van der Waals surface area contributed by atoms with E-state index in [0.29, 0.717) is 0 Å². The Labute approximate surface area is 128 Å². The average Bonchev–Trinajstić information content (AvgIpc) is 2.89. The minimum Gasteiger partial charge on any atom is -0.313 e. The highest BCUT2D eigenvalue weighted by Crippen LogP contribution is 2.13. The molecule has 0 radical (unpaired) electrons. The van der Waals surface area contributed by atoms with E-state index >= 15 is 0 Å². The number of hydrogen-bond acceptors (Lipinski definition) is 2. The van der Waals surface area contributed by atoms with E-state index in [0.717, 1.165) is 38.9 Å².